The quantitative estimate of drug-likeness (QED) is 0.487. The second kappa shape index (κ2) is 10.9. The van der Waals surface area contributed by atoms with Gasteiger partial charge in [0.1, 0.15) is 11.6 Å². The Balaban J connectivity index is 1.13. The normalized spacial score (nSPS) is 16.1. The molecule has 36 heavy (non-hydrogen) atoms. The van der Waals surface area contributed by atoms with Crippen molar-refractivity contribution >= 4 is 28.4 Å². The van der Waals surface area contributed by atoms with Gasteiger partial charge >= 0.3 is 6.03 Å². The van der Waals surface area contributed by atoms with E-state index in [0.717, 1.165) is 88.1 Å². The largest absolute Gasteiger partial charge is 0.491 e. The fraction of sp³-hybridized carbons (Fsp3) is 0.429. The number of anilines is 2. The molecule has 5 rings (SSSR count). The van der Waals surface area contributed by atoms with Crippen molar-refractivity contribution in [3.8, 4) is 11.8 Å². The van der Waals surface area contributed by atoms with Crippen molar-refractivity contribution in [3.05, 3.63) is 53.6 Å². The summed E-state index contributed by atoms with van der Waals surface area (Å²) < 4.78 is 6.05. The first-order valence-electron chi connectivity index (χ1n) is 12.9. The van der Waals surface area contributed by atoms with Gasteiger partial charge in [-0.2, -0.15) is 5.26 Å². The van der Waals surface area contributed by atoms with Crippen molar-refractivity contribution in [3.63, 3.8) is 0 Å². The molecule has 2 aromatic carbocycles. The van der Waals surface area contributed by atoms with Gasteiger partial charge in [-0.25, -0.2) is 4.79 Å². The zero-order valence-corrected chi connectivity index (χ0v) is 20.7. The Morgan fingerprint density at radius 2 is 2.03 bits per heavy atom. The number of hydrogen-bond acceptors (Lipinski definition) is 5. The van der Waals surface area contributed by atoms with E-state index in [0.29, 0.717) is 17.9 Å². The Morgan fingerprint density at radius 1 is 1.11 bits per heavy atom. The number of nitrogens with two attached hydrogens (primary N) is 1. The number of aromatic amines is 1. The smallest absolute Gasteiger partial charge is 0.320 e. The summed E-state index contributed by atoms with van der Waals surface area (Å²) in [6, 6.07) is 15.6. The summed E-state index contributed by atoms with van der Waals surface area (Å²) in [4.78, 5) is 22.0. The Labute approximate surface area is 212 Å². The SMILES string of the molecule is N#Cc1ccc2cc(N(CCCCN3CCCN(c4cccc5c4OCCC5)CC3)C(N)=O)[nH]c2c1. The number of H-pyrrole nitrogens is 1. The predicted molar refractivity (Wildman–Crippen MR) is 143 cm³/mol. The molecule has 0 spiro atoms. The van der Waals surface area contributed by atoms with Gasteiger partial charge in [-0.1, -0.05) is 18.2 Å². The third-order valence-corrected chi connectivity index (χ3v) is 7.24. The van der Waals surface area contributed by atoms with Crippen molar-refractivity contribution in [2.45, 2.75) is 32.1 Å². The molecule has 1 saturated heterocycles. The van der Waals surface area contributed by atoms with Gasteiger partial charge in [-0.15, -0.1) is 0 Å². The number of para-hydroxylation sites is 1. The van der Waals surface area contributed by atoms with Crippen molar-refractivity contribution in [1.29, 1.82) is 5.26 Å². The van der Waals surface area contributed by atoms with E-state index in [1.54, 1.807) is 17.0 Å². The van der Waals surface area contributed by atoms with Crippen LogP contribution in [0.4, 0.5) is 16.3 Å². The number of hydrogen-bond donors (Lipinski definition) is 2. The lowest BCUT2D eigenvalue weighted by atomic mass is 10.0. The second-order valence-corrected chi connectivity index (χ2v) is 9.67. The van der Waals surface area contributed by atoms with E-state index < -0.39 is 6.03 Å². The maximum atomic E-state index is 12.2. The van der Waals surface area contributed by atoms with Gasteiger partial charge in [0.15, 0.2) is 0 Å². The number of nitrogens with zero attached hydrogens (tertiary/aromatic N) is 4. The average molecular weight is 487 g/mol. The minimum absolute atomic E-state index is 0.471. The molecular formula is C28H34N6O2. The maximum Gasteiger partial charge on any atom is 0.320 e. The third kappa shape index (κ3) is 5.26. The minimum Gasteiger partial charge on any atom is -0.491 e. The second-order valence-electron chi connectivity index (χ2n) is 9.67. The van der Waals surface area contributed by atoms with Crippen LogP contribution in [0.1, 0.15) is 36.8 Å². The number of fused-ring (bicyclic) bond motifs is 2. The van der Waals surface area contributed by atoms with E-state index in [1.807, 2.05) is 12.1 Å². The summed E-state index contributed by atoms with van der Waals surface area (Å²) in [6.07, 6.45) is 5.18. The van der Waals surface area contributed by atoms with Gasteiger partial charge in [0.25, 0.3) is 0 Å². The number of carbonyl (C=O) groups is 1. The minimum atomic E-state index is -0.471. The van der Waals surface area contributed by atoms with Crippen LogP contribution < -0.4 is 20.3 Å². The molecule has 0 saturated carbocycles. The van der Waals surface area contributed by atoms with Crippen LogP contribution in [-0.4, -0.2) is 61.8 Å². The fourth-order valence-electron chi connectivity index (χ4n) is 5.34. The first-order valence-corrected chi connectivity index (χ1v) is 12.9. The van der Waals surface area contributed by atoms with Gasteiger partial charge in [-0.05, 0) is 75.0 Å². The Bertz CT molecular complexity index is 1260. The van der Waals surface area contributed by atoms with E-state index in [2.05, 4.69) is 39.1 Å². The van der Waals surface area contributed by atoms with Crippen LogP contribution in [0.5, 0.6) is 5.75 Å². The number of rotatable bonds is 7. The number of aromatic nitrogens is 1. The molecule has 8 heteroatoms. The van der Waals surface area contributed by atoms with E-state index in [9.17, 15) is 4.79 Å². The topological polar surface area (TPSA) is 102 Å². The molecule has 3 N–H and O–H groups in total. The maximum absolute atomic E-state index is 12.2. The highest BCUT2D eigenvalue weighted by molar-refractivity contribution is 5.94. The molecule has 1 aromatic heterocycles. The van der Waals surface area contributed by atoms with Gasteiger partial charge < -0.3 is 25.3 Å². The summed E-state index contributed by atoms with van der Waals surface area (Å²) >= 11 is 0. The van der Waals surface area contributed by atoms with Crippen LogP contribution in [0.2, 0.25) is 0 Å². The molecule has 0 atom stereocenters. The van der Waals surface area contributed by atoms with Crippen LogP contribution in [0.25, 0.3) is 10.9 Å². The molecular weight excluding hydrogens is 452 g/mol. The summed E-state index contributed by atoms with van der Waals surface area (Å²) in [5.74, 6) is 1.76. The lowest BCUT2D eigenvalue weighted by Gasteiger charge is -2.28. The fourth-order valence-corrected chi connectivity index (χ4v) is 5.34. The van der Waals surface area contributed by atoms with E-state index in [-0.39, 0.29) is 0 Å². The number of carbonyl (C=O) groups excluding carboxylic acids is 1. The molecule has 2 aliphatic rings. The number of aryl methyl sites for hydroxylation is 1. The number of nitrogens with one attached hydrogen (secondary N) is 1. The molecule has 1 fully saturated rings. The average Bonchev–Trinajstić information content (AvgIpc) is 3.17. The van der Waals surface area contributed by atoms with Crippen LogP contribution in [-0.2, 0) is 6.42 Å². The molecule has 2 amide bonds. The van der Waals surface area contributed by atoms with E-state index >= 15 is 0 Å². The lowest BCUT2D eigenvalue weighted by Crippen LogP contribution is -2.37. The summed E-state index contributed by atoms with van der Waals surface area (Å²) in [6.45, 7) is 6.50. The monoisotopic (exact) mass is 486 g/mol. The zero-order chi connectivity index (χ0) is 24.9. The number of nitriles is 1. The number of amides is 2. The highest BCUT2D eigenvalue weighted by Crippen LogP contribution is 2.36. The number of primary amides is 1. The van der Waals surface area contributed by atoms with Gasteiger partial charge in [0.2, 0.25) is 0 Å². The van der Waals surface area contributed by atoms with Gasteiger partial charge in [0.05, 0.1) is 23.9 Å². The molecule has 0 bridgehead atoms. The van der Waals surface area contributed by atoms with Crippen LogP contribution >= 0.6 is 0 Å². The Morgan fingerprint density at radius 3 is 2.89 bits per heavy atom. The standard InChI is InChI=1S/C28H34N6O2/c29-20-21-9-10-23-19-26(31-24(23)18-21)34(28(30)35)14-2-1-11-32-12-5-13-33(16-15-32)25-8-3-6-22-7-4-17-36-27(22)25/h3,6,8-10,18-19,31H,1-2,4-5,7,11-17H2,(H2,30,35). The summed E-state index contributed by atoms with van der Waals surface area (Å²) in [5, 5.41) is 10.1. The Hall–Kier alpha value is -3.70. The molecule has 0 aliphatic carbocycles. The summed E-state index contributed by atoms with van der Waals surface area (Å²) in [5.41, 5.74) is 9.68. The van der Waals surface area contributed by atoms with Crippen molar-refractivity contribution in [1.82, 2.24) is 9.88 Å². The summed E-state index contributed by atoms with van der Waals surface area (Å²) in [7, 11) is 0. The molecule has 3 aromatic rings. The van der Waals surface area contributed by atoms with Crippen LogP contribution in [0, 0.1) is 11.3 Å². The highest BCUT2D eigenvalue weighted by atomic mass is 16.5. The number of urea groups is 1. The first-order chi connectivity index (χ1) is 17.6. The molecule has 2 aliphatic heterocycles. The van der Waals surface area contributed by atoms with E-state index in [4.69, 9.17) is 15.7 Å². The van der Waals surface area contributed by atoms with Crippen LogP contribution in [0.15, 0.2) is 42.5 Å². The Kier molecular flexibility index (Phi) is 7.28. The van der Waals surface area contributed by atoms with Crippen LogP contribution in [0.3, 0.4) is 0 Å². The van der Waals surface area contributed by atoms with Gasteiger partial charge in [0, 0.05) is 37.1 Å². The van der Waals surface area contributed by atoms with Gasteiger partial charge in [-0.3, -0.25) is 4.90 Å². The third-order valence-electron chi connectivity index (χ3n) is 7.24. The molecule has 8 nitrogen and oxygen atoms in total. The molecule has 3 heterocycles. The first kappa shape index (κ1) is 24.0. The van der Waals surface area contributed by atoms with E-state index in [1.165, 1.54) is 11.3 Å². The zero-order valence-electron chi connectivity index (χ0n) is 20.7. The number of unbranched alkanes of at least 4 members (excludes halogenated alkanes) is 1. The lowest BCUT2D eigenvalue weighted by molar-refractivity contribution is 0.253. The van der Waals surface area contributed by atoms with Crippen molar-refractivity contribution in [2.75, 3.05) is 55.7 Å². The van der Waals surface area contributed by atoms with Crippen molar-refractivity contribution < 1.29 is 9.53 Å². The molecule has 0 unspecified atom stereocenters. The molecule has 0 radical (unpaired) electrons. The van der Waals surface area contributed by atoms with Crippen molar-refractivity contribution in [2.24, 2.45) is 5.73 Å². The number of benzene rings is 2. The number of ether oxygens (including phenoxy) is 1. The predicted octanol–water partition coefficient (Wildman–Crippen LogP) is 4.24. The highest BCUT2D eigenvalue weighted by Gasteiger charge is 2.21. The molecule has 188 valence electrons.